The molecule has 1 aromatic rings. The minimum Gasteiger partial charge on any atom is -0.385 e. The highest BCUT2D eigenvalue weighted by Crippen LogP contribution is 2.26. The third-order valence-electron chi connectivity index (χ3n) is 3.14. The van der Waals surface area contributed by atoms with Crippen LogP contribution in [-0.2, 0) is 0 Å². The normalized spacial score (nSPS) is 22.7. The third kappa shape index (κ3) is 2.75. The summed E-state index contributed by atoms with van der Waals surface area (Å²) < 4.78 is 0. The molecular formula is C13H19N3O. The number of hydrogen-bond acceptors (Lipinski definition) is 3. The first-order valence-corrected chi connectivity index (χ1v) is 6.19. The zero-order chi connectivity index (χ0) is 12.3. The van der Waals surface area contributed by atoms with Crippen molar-refractivity contribution >= 4 is 11.6 Å². The third-order valence-corrected chi connectivity index (χ3v) is 3.14. The van der Waals surface area contributed by atoms with Crippen molar-refractivity contribution in [2.45, 2.75) is 32.7 Å². The molecule has 1 heterocycles. The first-order valence-electron chi connectivity index (χ1n) is 6.19. The van der Waals surface area contributed by atoms with E-state index >= 15 is 0 Å². The first-order chi connectivity index (χ1) is 8.20. The molecule has 1 amide bonds. The summed E-state index contributed by atoms with van der Waals surface area (Å²) in [6.45, 7) is 5.01. The Morgan fingerprint density at radius 2 is 2.29 bits per heavy atom. The Morgan fingerprint density at radius 1 is 1.53 bits per heavy atom. The van der Waals surface area contributed by atoms with Crippen LogP contribution >= 0.6 is 0 Å². The maximum atomic E-state index is 12.1. The number of nitrogens with zero attached hydrogens (tertiary/aromatic N) is 1. The molecule has 92 valence electrons. The fraction of sp³-hybridized carbons (Fsp3) is 0.538. The minimum absolute atomic E-state index is 0.0223. The SMILES string of the molecule is CCNc1ccncc1C(=O)NC1CC(C)C1. The van der Waals surface area contributed by atoms with Crippen LogP contribution < -0.4 is 10.6 Å². The van der Waals surface area contributed by atoms with Crippen molar-refractivity contribution < 1.29 is 4.79 Å². The quantitative estimate of drug-likeness (QED) is 0.836. The molecule has 2 N–H and O–H groups in total. The lowest BCUT2D eigenvalue weighted by Crippen LogP contribution is -2.43. The molecule has 1 aromatic heterocycles. The molecule has 0 aromatic carbocycles. The summed E-state index contributed by atoms with van der Waals surface area (Å²) in [6, 6.07) is 2.18. The van der Waals surface area contributed by atoms with Gasteiger partial charge in [0.1, 0.15) is 0 Å². The number of nitrogens with one attached hydrogen (secondary N) is 2. The van der Waals surface area contributed by atoms with E-state index in [0.717, 1.165) is 31.0 Å². The molecule has 0 aliphatic heterocycles. The molecule has 4 heteroatoms. The van der Waals surface area contributed by atoms with Crippen LogP contribution in [0.2, 0.25) is 0 Å². The van der Waals surface area contributed by atoms with Gasteiger partial charge in [0.05, 0.1) is 11.3 Å². The van der Waals surface area contributed by atoms with Gasteiger partial charge in [-0.15, -0.1) is 0 Å². The molecule has 0 saturated heterocycles. The van der Waals surface area contributed by atoms with Gasteiger partial charge in [-0.3, -0.25) is 9.78 Å². The van der Waals surface area contributed by atoms with Crippen LogP contribution in [0.25, 0.3) is 0 Å². The van der Waals surface area contributed by atoms with E-state index in [1.54, 1.807) is 12.4 Å². The average Bonchev–Trinajstić information content (AvgIpc) is 2.28. The van der Waals surface area contributed by atoms with Crippen LogP contribution in [0.5, 0.6) is 0 Å². The second-order valence-electron chi connectivity index (χ2n) is 4.70. The molecule has 1 aliphatic carbocycles. The van der Waals surface area contributed by atoms with Gasteiger partial charge in [0, 0.05) is 25.0 Å². The highest BCUT2D eigenvalue weighted by atomic mass is 16.1. The van der Waals surface area contributed by atoms with E-state index < -0.39 is 0 Å². The number of hydrogen-bond donors (Lipinski definition) is 2. The Kier molecular flexibility index (Phi) is 3.61. The topological polar surface area (TPSA) is 54.0 Å². The van der Waals surface area contributed by atoms with E-state index in [2.05, 4.69) is 22.5 Å². The van der Waals surface area contributed by atoms with E-state index in [4.69, 9.17) is 0 Å². The van der Waals surface area contributed by atoms with Crippen molar-refractivity contribution in [2.75, 3.05) is 11.9 Å². The molecule has 17 heavy (non-hydrogen) atoms. The van der Waals surface area contributed by atoms with Gasteiger partial charge >= 0.3 is 0 Å². The number of rotatable bonds is 4. The summed E-state index contributed by atoms with van der Waals surface area (Å²) in [5.41, 5.74) is 1.49. The van der Waals surface area contributed by atoms with Crippen LogP contribution in [0.1, 0.15) is 37.0 Å². The van der Waals surface area contributed by atoms with E-state index in [1.807, 2.05) is 13.0 Å². The first kappa shape index (κ1) is 11.9. The second-order valence-corrected chi connectivity index (χ2v) is 4.70. The van der Waals surface area contributed by atoms with E-state index in [-0.39, 0.29) is 5.91 Å². The Morgan fingerprint density at radius 3 is 2.94 bits per heavy atom. The van der Waals surface area contributed by atoms with Gasteiger partial charge in [0.25, 0.3) is 5.91 Å². The highest BCUT2D eigenvalue weighted by Gasteiger charge is 2.27. The monoisotopic (exact) mass is 233 g/mol. The zero-order valence-electron chi connectivity index (χ0n) is 10.4. The van der Waals surface area contributed by atoms with Gasteiger partial charge in [-0.1, -0.05) is 6.92 Å². The van der Waals surface area contributed by atoms with Crippen LogP contribution in [0.15, 0.2) is 18.5 Å². The molecule has 0 bridgehead atoms. The van der Waals surface area contributed by atoms with Crippen molar-refractivity contribution in [1.29, 1.82) is 0 Å². The number of amides is 1. The molecule has 1 aliphatic rings. The smallest absolute Gasteiger partial charge is 0.255 e. The summed E-state index contributed by atoms with van der Waals surface area (Å²) in [7, 11) is 0. The van der Waals surface area contributed by atoms with Crippen molar-refractivity contribution in [3.05, 3.63) is 24.0 Å². The fourth-order valence-corrected chi connectivity index (χ4v) is 2.20. The zero-order valence-corrected chi connectivity index (χ0v) is 10.4. The van der Waals surface area contributed by atoms with Gasteiger partial charge in [0.15, 0.2) is 0 Å². The number of carbonyl (C=O) groups excluding carboxylic acids is 1. The predicted octanol–water partition coefficient (Wildman–Crippen LogP) is 2.04. The molecule has 1 saturated carbocycles. The maximum absolute atomic E-state index is 12.1. The molecule has 2 rings (SSSR count). The molecule has 0 unspecified atom stereocenters. The summed E-state index contributed by atoms with van der Waals surface area (Å²) >= 11 is 0. The Labute approximate surface area is 102 Å². The fourth-order valence-electron chi connectivity index (χ4n) is 2.20. The van der Waals surface area contributed by atoms with Gasteiger partial charge in [-0.2, -0.15) is 0 Å². The average molecular weight is 233 g/mol. The number of carbonyl (C=O) groups is 1. The summed E-state index contributed by atoms with van der Waals surface area (Å²) in [6.07, 6.45) is 5.49. The molecular weight excluding hydrogens is 214 g/mol. The lowest BCUT2D eigenvalue weighted by atomic mass is 9.82. The Balaban J connectivity index is 2.02. The molecule has 0 atom stereocenters. The number of pyridine rings is 1. The van der Waals surface area contributed by atoms with Crippen molar-refractivity contribution in [2.24, 2.45) is 5.92 Å². The largest absolute Gasteiger partial charge is 0.385 e. The van der Waals surface area contributed by atoms with E-state index in [1.165, 1.54) is 0 Å². The summed E-state index contributed by atoms with van der Waals surface area (Å²) in [4.78, 5) is 16.1. The van der Waals surface area contributed by atoms with Crippen molar-refractivity contribution in [3.63, 3.8) is 0 Å². The van der Waals surface area contributed by atoms with E-state index in [0.29, 0.717) is 11.6 Å². The summed E-state index contributed by atoms with van der Waals surface area (Å²) in [5, 5.41) is 6.22. The van der Waals surface area contributed by atoms with Crippen molar-refractivity contribution in [3.8, 4) is 0 Å². The number of aromatic nitrogens is 1. The van der Waals surface area contributed by atoms with Gasteiger partial charge < -0.3 is 10.6 Å². The molecule has 4 nitrogen and oxygen atoms in total. The standard InChI is InChI=1S/C13H19N3O/c1-3-15-12-4-5-14-8-11(12)13(17)16-10-6-9(2)7-10/h4-5,8-10H,3,6-7H2,1-2H3,(H,14,15)(H,16,17). The van der Waals surface area contributed by atoms with E-state index in [9.17, 15) is 4.79 Å². The molecule has 0 radical (unpaired) electrons. The minimum atomic E-state index is -0.0223. The van der Waals surface area contributed by atoms with Crippen LogP contribution in [-0.4, -0.2) is 23.5 Å². The van der Waals surface area contributed by atoms with Crippen molar-refractivity contribution in [1.82, 2.24) is 10.3 Å². The maximum Gasteiger partial charge on any atom is 0.255 e. The Hall–Kier alpha value is -1.58. The lowest BCUT2D eigenvalue weighted by molar-refractivity contribution is 0.0896. The van der Waals surface area contributed by atoms with Gasteiger partial charge in [-0.05, 0) is 31.7 Å². The van der Waals surface area contributed by atoms with Crippen LogP contribution in [0.4, 0.5) is 5.69 Å². The number of anilines is 1. The predicted molar refractivity (Wildman–Crippen MR) is 68.1 cm³/mol. The highest BCUT2D eigenvalue weighted by molar-refractivity contribution is 5.99. The lowest BCUT2D eigenvalue weighted by Gasteiger charge is -2.33. The van der Waals surface area contributed by atoms with Gasteiger partial charge in [-0.25, -0.2) is 0 Å². The molecule has 1 fully saturated rings. The molecule has 0 spiro atoms. The van der Waals surface area contributed by atoms with Crippen LogP contribution in [0, 0.1) is 5.92 Å². The van der Waals surface area contributed by atoms with Crippen LogP contribution in [0.3, 0.4) is 0 Å². The second kappa shape index (κ2) is 5.17. The Bertz CT molecular complexity index is 399. The van der Waals surface area contributed by atoms with Gasteiger partial charge in [0.2, 0.25) is 0 Å². The summed E-state index contributed by atoms with van der Waals surface area (Å²) in [5.74, 6) is 0.716.